The Morgan fingerprint density at radius 2 is 1.63 bits per heavy atom. The number of sulfonamides is 1. The van der Waals surface area contributed by atoms with E-state index >= 15 is 0 Å². The number of rotatable bonds is 11. The molecule has 0 unspecified atom stereocenters. The molecule has 1 amide bonds. The van der Waals surface area contributed by atoms with E-state index in [1.165, 1.54) is 4.31 Å². The molecular formula is C22H30N2O5S. The summed E-state index contributed by atoms with van der Waals surface area (Å²) in [5.41, 5.74) is 1.48. The second-order valence-corrected chi connectivity index (χ2v) is 8.66. The van der Waals surface area contributed by atoms with Crippen LogP contribution in [0.3, 0.4) is 0 Å². The van der Waals surface area contributed by atoms with E-state index in [9.17, 15) is 13.2 Å². The van der Waals surface area contributed by atoms with E-state index in [0.29, 0.717) is 37.4 Å². The van der Waals surface area contributed by atoms with Crippen molar-refractivity contribution in [2.45, 2.75) is 32.7 Å². The molecule has 2 aromatic carbocycles. The normalized spacial score (nSPS) is 12.1. The summed E-state index contributed by atoms with van der Waals surface area (Å²) >= 11 is 0. The summed E-state index contributed by atoms with van der Waals surface area (Å²) in [4.78, 5) is 12.8. The molecule has 8 heteroatoms. The lowest BCUT2D eigenvalue weighted by Crippen LogP contribution is -2.49. The number of amides is 1. The highest BCUT2D eigenvalue weighted by Gasteiger charge is 2.31. The van der Waals surface area contributed by atoms with E-state index in [1.54, 1.807) is 38.3 Å². The molecule has 0 bridgehead atoms. The second kappa shape index (κ2) is 10.9. The molecule has 0 aromatic heterocycles. The van der Waals surface area contributed by atoms with E-state index in [4.69, 9.17) is 9.47 Å². The van der Waals surface area contributed by atoms with Gasteiger partial charge in [0.2, 0.25) is 15.9 Å². The van der Waals surface area contributed by atoms with Crippen LogP contribution < -0.4 is 19.1 Å². The van der Waals surface area contributed by atoms with Gasteiger partial charge in [-0.25, -0.2) is 8.42 Å². The molecule has 0 heterocycles. The summed E-state index contributed by atoms with van der Waals surface area (Å²) in [6.45, 7) is 4.59. The van der Waals surface area contributed by atoms with Gasteiger partial charge in [0, 0.05) is 6.54 Å². The molecule has 0 spiro atoms. The topological polar surface area (TPSA) is 84.9 Å². The van der Waals surface area contributed by atoms with Crippen LogP contribution in [0.25, 0.3) is 0 Å². The maximum absolute atomic E-state index is 12.8. The molecule has 2 rings (SSSR count). The Hall–Kier alpha value is -2.74. The zero-order chi connectivity index (χ0) is 22.1. The van der Waals surface area contributed by atoms with E-state index in [2.05, 4.69) is 5.32 Å². The van der Waals surface area contributed by atoms with Crippen LogP contribution in [-0.4, -0.2) is 46.9 Å². The average Bonchev–Trinajstić information content (AvgIpc) is 2.72. The number of anilines is 1. The molecule has 1 N–H and O–H groups in total. The van der Waals surface area contributed by atoms with Crippen LogP contribution in [0.15, 0.2) is 48.5 Å². The minimum atomic E-state index is -3.67. The van der Waals surface area contributed by atoms with E-state index in [0.717, 1.165) is 17.6 Å². The first-order chi connectivity index (χ1) is 14.3. The fraction of sp³-hybridized carbons (Fsp3) is 0.409. The lowest BCUT2D eigenvalue weighted by Gasteiger charge is -2.30. The Morgan fingerprint density at radius 1 is 1.03 bits per heavy atom. The summed E-state index contributed by atoms with van der Waals surface area (Å²) in [6, 6.07) is 13.5. The fourth-order valence-electron chi connectivity index (χ4n) is 3.16. The predicted octanol–water partition coefficient (Wildman–Crippen LogP) is 3.00. The average molecular weight is 435 g/mol. The molecule has 2 aromatic rings. The SMILES string of the molecule is CCOc1ccc(N([C@H](CC)C(=O)NCCc2ccc(OC)cc2)S(C)(=O)=O)cc1. The van der Waals surface area contributed by atoms with Gasteiger partial charge in [-0.3, -0.25) is 9.10 Å². The first-order valence-electron chi connectivity index (χ1n) is 9.93. The van der Waals surface area contributed by atoms with Crippen molar-refractivity contribution in [1.29, 1.82) is 0 Å². The van der Waals surface area contributed by atoms with Gasteiger partial charge in [-0.1, -0.05) is 19.1 Å². The van der Waals surface area contributed by atoms with Crippen LogP contribution >= 0.6 is 0 Å². The number of benzene rings is 2. The maximum atomic E-state index is 12.8. The van der Waals surface area contributed by atoms with Crippen LogP contribution in [-0.2, 0) is 21.2 Å². The molecule has 0 saturated heterocycles. The van der Waals surface area contributed by atoms with Gasteiger partial charge < -0.3 is 14.8 Å². The van der Waals surface area contributed by atoms with Crippen LogP contribution in [0.2, 0.25) is 0 Å². The Balaban J connectivity index is 2.10. The molecule has 1 atom stereocenters. The minimum absolute atomic E-state index is 0.328. The highest BCUT2D eigenvalue weighted by atomic mass is 32.2. The number of hydrogen-bond acceptors (Lipinski definition) is 5. The molecule has 30 heavy (non-hydrogen) atoms. The van der Waals surface area contributed by atoms with Crippen LogP contribution in [0.4, 0.5) is 5.69 Å². The zero-order valence-corrected chi connectivity index (χ0v) is 18.7. The van der Waals surface area contributed by atoms with Crippen molar-refractivity contribution in [1.82, 2.24) is 5.32 Å². The predicted molar refractivity (Wildman–Crippen MR) is 119 cm³/mol. The van der Waals surface area contributed by atoms with Crippen molar-refractivity contribution >= 4 is 21.6 Å². The van der Waals surface area contributed by atoms with Crippen LogP contribution in [0, 0.1) is 0 Å². The quantitative estimate of drug-likeness (QED) is 0.588. The number of carbonyl (C=O) groups is 1. The summed E-state index contributed by atoms with van der Waals surface area (Å²) in [6.07, 6.45) is 2.08. The van der Waals surface area contributed by atoms with Gasteiger partial charge in [-0.15, -0.1) is 0 Å². The van der Waals surface area contributed by atoms with Crippen LogP contribution in [0.5, 0.6) is 11.5 Å². The summed E-state index contributed by atoms with van der Waals surface area (Å²) in [5, 5.41) is 2.86. The molecule has 0 radical (unpaired) electrons. The summed E-state index contributed by atoms with van der Waals surface area (Å²) in [7, 11) is -2.06. The van der Waals surface area contributed by atoms with Gasteiger partial charge in [0.15, 0.2) is 0 Å². The molecule has 164 valence electrons. The Morgan fingerprint density at radius 3 is 2.13 bits per heavy atom. The molecular weight excluding hydrogens is 404 g/mol. The Bertz CT molecular complexity index is 912. The first-order valence-corrected chi connectivity index (χ1v) is 11.8. The largest absolute Gasteiger partial charge is 0.497 e. The monoisotopic (exact) mass is 434 g/mol. The smallest absolute Gasteiger partial charge is 0.243 e. The number of ether oxygens (including phenoxy) is 2. The van der Waals surface area contributed by atoms with E-state index in [-0.39, 0.29) is 5.91 Å². The molecule has 0 aliphatic carbocycles. The number of nitrogens with one attached hydrogen (secondary N) is 1. The van der Waals surface area contributed by atoms with Gasteiger partial charge in [-0.2, -0.15) is 0 Å². The first kappa shape index (κ1) is 23.5. The third-order valence-electron chi connectivity index (χ3n) is 4.60. The summed E-state index contributed by atoms with van der Waals surface area (Å²) in [5.74, 6) is 1.09. The molecule has 0 fully saturated rings. The van der Waals surface area contributed by atoms with E-state index in [1.807, 2.05) is 31.2 Å². The van der Waals surface area contributed by atoms with Gasteiger partial charge in [0.05, 0.1) is 25.7 Å². The lowest BCUT2D eigenvalue weighted by atomic mass is 10.1. The highest BCUT2D eigenvalue weighted by Crippen LogP contribution is 2.25. The molecule has 0 saturated carbocycles. The van der Waals surface area contributed by atoms with Crippen molar-refractivity contribution in [3.8, 4) is 11.5 Å². The number of carbonyl (C=O) groups excluding carboxylic acids is 1. The number of hydrogen-bond donors (Lipinski definition) is 1. The Kier molecular flexibility index (Phi) is 8.53. The second-order valence-electron chi connectivity index (χ2n) is 6.80. The number of methoxy groups -OCH3 is 1. The van der Waals surface area contributed by atoms with Gasteiger partial charge in [0.25, 0.3) is 0 Å². The van der Waals surface area contributed by atoms with Gasteiger partial charge in [0.1, 0.15) is 17.5 Å². The summed E-state index contributed by atoms with van der Waals surface area (Å²) < 4.78 is 36.7. The molecule has 7 nitrogen and oxygen atoms in total. The standard InChI is InChI=1S/C22H30N2O5S/c1-5-21(22(25)23-16-15-17-7-11-19(28-3)12-8-17)24(30(4,26)27)18-9-13-20(14-10-18)29-6-2/h7-14,21H,5-6,15-16H2,1-4H3,(H,23,25)/t21-/m1/s1. The van der Waals surface area contributed by atoms with Gasteiger partial charge in [-0.05, 0) is 61.7 Å². The van der Waals surface area contributed by atoms with Crippen molar-refractivity contribution in [2.75, 3.05) is 30.8 Å². The Labute approximate surface area is 179 Å². The number of nitrogens with zero attached hydrogens (tertiary/aromatic N) is 1. The third-order valence-corrected chi connectivity index (χ3v) is 5.78. The van der Waals surface area contributed by atoms with Crippen molar-refractivity contribution in [3.05, 3.63) is 54.1 Å². The highest BCUT2D eigenvalue weighted by molar-refractivity contribution is 7.92. The zero-order valence-electron chi connectivity index (χ0n) is 17.9. The van der Waals surface area contributed by atoms with Crippen molar-refractivity contribution in [3.63, 3.8) is 0 Å². The third kappa shape index (κ3) is 6.38. The maximum Gasteiger partial charge on any atom is 0.243 e. The van der Waals surface area contributed by atoms with Gasteiger partial charge >= 0.3 is 0 Å². The van der Waals surface area contributed by atoms with E-state index < -0.39 is 16.1 Å². The lowest BCUT2D eigenvalue weighted by molar-refractivity contribution is -0.122. The minimum Gasteiger partial charge on any atom is -0.497 e. The molecule has 0 aliphatic heterocycles. The fourth-order valence-corrected chi connectivity index (χ4v) is 4.37. The van der Waals surface area contributed by atoms with Crippen molar-refractivity contribution in [2.24, 2.45) is 0 Å². The van der Waals surface area contributed by atoms with Crippen LogP contribution in [0.1, 0.15) is 25.8 Å². The van der Waals surface area contributed by atoms with Crippen molar-refractivity contribution < 1.29 is 22.7 Å². The molecule has 0 aliphatic rings.